The molecule has 2 heteroatoms. The van der Waals surface area contributed by atoms with E-state index in [0.717, 1.165) is 55.8 Å². The zero-order valence-electron chi connectivity index (χ0n) is 16.0. The predicted molar refractivity (Wildman–Crippen MR) is 99.7 cm³/mol. The van der Waals surface area contributed by atoms with E-state index in [-0.39, 0.29) is 0 Å². The van der Waals surface area contributed by atoms with E-state index >= 15 is 0 Å². The van der Waals surface area contributed by atoms with Crippen LogP contribution in [0, 0.1) is 45.8 Å². The molecule has 0 saturated heterocycles. The van der Waals surface area contributed by atoms with Crippen molar-refractivity contribution in [3.63, 3.8) is 0 Å². The third-order valence-corrected chi connectivity index (χ3v) is 9.00. The molecule has 4 rings (SSSR count). The molecule has 3 fully saturated rings. The Morgan fingerprint density at radius 2 is 1.96 bits per heavy atom. The molecule has 2 nitrogen and oxygen atoms in total. The number of carbonyl (C=O) groups is 1. The maximum atomic E-state index is 11.9. The third-order valence-electron chi connectivity index (χ3n) is 9.00. The first-order valence-electron chi connectivity index (χ1n) is 10.6. The topological polar surface area (TPSA) is 40.9 Å². The van der Waals surface area contributed by atoms with Crippen molar-refractivity contribution in [2.75, 3.05) is 0 Å². The Balaban J connectivity index is 1.55. The lowest BCUT2D eigenvalue weighted by atomic mass is 9.46. The van der Waals surface area contributed by atoms with E-state index in [0.29, 0.717) is 16.6 Å². The molecule has 0 aromatic rings. The summed E-state index contributed by atoms with van der Waals surface area (Å²) in [6, 6.07) is 2.33. The average Bonchev–Trinajstić information content (AvgIpc) is 2.92. The molecule has 0 aromatic carbocycles. The van der Waals surface area contributed by atoms with Crippen molar-refractivity contribution in [3.05, 3.63) is 11.6 Å². The predicted octanol–water partition coefficient (Wildman–Crippen LogP) is 5.83. The lowest BCUT2D eigenvalue weighted by molar-refractivity contribution is -0.117. The van der Waals surface area contributed by atoms with Crippen LogP contribution in [0.5, 0.6) is 0 Å². The van der Waals surface area contributed by atoms with Crippen LogP contribution in [0.25, 0.3) is 0 Å². The molecule has 0 N–H and O–H groups in total. The highest BCUT2D eigenvalue weighted by Gasteiger charge is 2.58. The number of carbonyl (C=O) groups excluding carboxylic acids is 1. The molecule has 0 aliphatic heterocycles. The van der Waals surface area contributed by atoms with Crippen molar-refractivity contribution >= 4 is 5.78 Å². The summed E-state index contributed by atoms with van der Waals surface area (Å²) >= 11 is 0. The average molecular weight is 340 g/mol. The highest BCUT2D eigenvalue weighted by Crippen LogP contribution is 2.67. The van der Waals surface area contributed by atoms with Gasteiger partial charge in [0, 0.05) is 12.8 Å². The number of ketones is 1. The maximum Gasteiger partial charge on any atom is 0.155 e. The van der Waals surface area contributed by atoms with Gasteiger partial charge in [0.25, 0.3) is 0 Å². The van der Waals surface area contributed by atoms with E-state index in [9.17, 15) is 4.79 Å². The van der Waals surface area contributed by atoms with Gasteiger partial charge in [0.2, 0.25) is 0 Å². The van der Waals surface area contributed by atoms with E-state index in [1.165, 1.54) is 44.1 Å². The molecule has 0 radical (unpaired) electrons. The molecule has 25 heavy (non-hydrogen) atoms. The van der Waals surface area contributed by atoms with Crippen LogP contribution in [0.3, 0.4) is 0 Å². The highest BCUT2D eigenvalue weighted by atomic mass is 16.1. The summed E-state index contributed by atoms with van der Waals surface area (Å²) in [4.78, 5) is 11.9. The van der Waals surface area contributed by atoms with Gasteiger partial charge in [-0.2, -0.15) is 5.26 Å². The molecule has 136 valence electrons. The van der Waals surface area contributed by atoms with Gasteiger partial charge in [-0.05, 0) is 98.4 Å². The fraction of sp³-hybridized carbons (Fsp3) is 0.826. The van der Waals surface area contributed by atoms with E-state index in [1.54, 1.807) is 0 Å². The fourth-order valence-corrected chi connectivity index (χ4v) is 7.57. The largest absolute Gasteiger partial charge is 0.295 e. The minimum atomic E-state index is 0.303. The van der Waals surface area contributed by atoms with Crippen LogP contribution in [0.4, 0.5) is 0 Å². The first kappa shape index (κ1) is 17.3. The number of nitrogens with zero attached hydrogens (tertiary/aromatic N) is 1. The first-order chi connectivity index (χ1) is 12.0. The van der Waals surface area contributed by atoms with E-state index < -0.39 is 0 Å². The van der Waals surface area contributed by atoms with E-state index in [2.05, 4.69) is 19.9 Å². The summed E-state index contributed by atoms with van der Waals surface area (Å²) in [5.41, 5.74) is 2.30. The summed E-state index contributed by atoms with van der Waals surface area (Å²) in [7, 11) is 0. The van der Waals surface area contributed by atoms with Crippen LogP contribution in [0.1, 0.15) is 84.5 Å². The van der Waals surface area contributed by atoms with E-state index in [4.69, 9.17) is 5.26 Å². The summed E-state index contributed by atoms with van der Waals surface area (Å²) in [6.07, 6.45) is 14.9. The number of hydrogen-bond acceptors (Lipinski definition) is 2. The second-order valence-corrected chi connectivity index (χ2v) is 9.84. The molecule has 0 bridgehead atoms. The van der Waals surface area contributed by atoms with Crippen LogP contribution in [-0.2, 0) is 4.79 Å². The minimum Gasteiger partial charge on any atom is -0.295 e. The van der Waals surface area contributed by atoms with Crippen molar-refractivity contribution in [2.24, 2.45) is 34.5 Å². The number of allylic oxidation sites excluding steroid dienone is 1. The van der Waals surface area contributed by atoms with Crippen LogP contribution in [0.2, 0.25) is 0 Å². The van der Waals surface area contributed by atoms with Gasteiger partial charge >= 0.3 is 0 Å². The Hall–Kier alpha value is -1.10. The van der Waals surface area contributed by atoms with Gasteiger partial charge < -0.3 is 0 Å². The maximum absolute atomic E-state index is 11.9. The van der Waals surface area contributed by atoms with Gasteiger partial charge in [0.15, 0.2) is 5.78 Å². The Morgan fingerprint density at radius 3 is 2.76 bits per heavy atom. The van der Waals surface area contributed by atoms with Crippen molar-refractivity contribution in [1.29, 1.82) is 5.26 Å². The smallest absolute Gasteiger partial charge is 0.155 e. The zero-order valence-corrected chi connectivity index (χ0v) is 16.0. The summed E-state index contributed by atoms with van der Waals surface area (Å²) in [5.74, 6) is 3.76. The van der Waals surface area contributed by atoms with Crippen LogP contribution < -0.4 is 0 Å². The first-order valence-corrected chi connectivity index (χ1v) is 10.6. The standard InChI is InChI=1S/C23H33NO/c1-22-13-11-21-19(20(22)9-7-16(22)5-3-4-14-24)8-6-17-15-18(25)10-12-23(17,21)2/h15-16,19-21H,3-13H2,1-2H3. The summed E-state index contributed by atoms with van der Waals surface area (Å²) in [6.45, 7) is 5.06. The van der Waals surface area contributed by atoms with Crippen LogP contribution in [0.15, 0.2) is 11.6 Å². The van der Waals surface area contributed by atoms with E-state index in [1.807, 2.05) is 6.08 Å². The normalized spacial score (nSPS) is 45.8. The molecular formula is C23H33NO. The van der Waals surface area contributed by atoms with Gasteiger partial charge in [0.1, 0.15) is 0 Å². The molecule has 4 aliphatic rings. The second-order valence-electron chi connectivity index (χ2n) is 9.84. The van der Waals surface area contributed by atoms with Crippen LogP contribution >= 0.6 is 0 Å². The molecule has 0 spiro atoms. The van der Waals surface area contributed by atoms with Gasteiger partial charge in [-0.3, -0.25) is 4.79 Å². The molecule has 6 unspecified atom stereocenters. The highest BCUT2D eigenvalue weighted by molar-refractivity contribution is 5.91. The number of hydrogen-bond donors (Lipinski definition) is 0. The van der Waals surface area contributed by atoms with Gasteiger partial charge in [-0.1, -0.05) is 19.4 Å². The molecule has 0 aromatic heterocycles. The summed E-state index contributed by atoms with van der Waals surface area (Å²) < 4.78 is 0. The molecule has 0 amide bonds. The van der Waals surface area contributed by atoms with Crippen molar-refractivity contribution in [2.45, 2.75) is 84.5 Å². The fourth-order valence-electron chi connectivity index (χ4n) is 7.57. The molecule has 4 aliphatic carbocycles. The Labute approximate surface area is 153 Å². The molecule has 6 atom stereocenters. The Morgan fingerprint density at radius 1 is 1.12 bits per heavy atom. The monoisotopic (exact) mass is 339 g/mol. The van der Waals surface area contributed by atoms with Crippen molar-refractivity contribution < 1.29 is 4.79 Å². The molecule has 3 saturated carbocycles. The van der Waals surface area contributed by atoms with Crippen molar-refractivity contribution in [3.8, 4) is 6.07 Å². The second kappa shape index (κ2) is 6.26. The van der Waals surface area contributed by atoms with Gasteiger partial charge in [-0.25, -0.2) is 0 Å². The number of unbranched alkanes of at least 4 members (excludes halogenated alkanes) is 1. The quantitative estimate of drug-likeness (QED) is 0.607. The molecule has 0 heterocycles. The lowest BCUT2D eigenvalue weighted by Crippen LogP contribution is -2.50. The number of fused-ring (bicyclic) bond motifs is 5. The molecular weight excluding hydrogens is 306 g/mol. The Kier molecular flexibility index (Phi) is 4.33. The lowest BCUT2D eigenvalue weighted by Gasteiger charge is -2.58. The zero-order chi connectivity index (χ0) is 17.7. The number of nitriles is 1. The third kappa shape index (κ3) is 2.61. The van der Waals surface area contributed by atoms with Gasteiger partial charge in [-0.15, -0.1) is 0 Å². The SMILES string of the molecule is CC12CCC(=O)C=C1CCC1C2CCC2(C)C(CCCC#N)CCC12. The Bertz CT molecular complexity index is 628. The minimum absolute atomic E-state index is 0.303. The summed E-state index contributed by atoms with van der Waals surface area (Å²) in [5, 5.41) is 8.87. The van der Waals surface area contributed by atoms with Crippen LogP contribution in [-0.4, -0.2) is 5.78 Å². The van der Waals surface area contributed by atoms with Gasteiger partial charge in [0.05, 0.1) is 6.07 Å². The number of rotatable bonds is 3. The van der Waals surface area contributed by atoms with Crippen molar-refractivity contribution in [1.82, 2.24) is 0 Å².